The number of aliphatic hydroxyl groups is 1. The van der Waals surface area contributed by atoms with Crippen molar-refractivity contribution in [1.29, 1.82) is 0 Å². The first-order chi connectivity index (χ1) is 16.6. The van der Waals surface area contributed by atoms with E-state index in [1.165, 1.54) is 22.3 Å². The van der Waals surface area contributed by atoms with Gasteiger partial charge in [0.25, 0.3) is 0 Å². The van der Waals surface area contributed by atoms with E-state index in [-0.39, 0.29) is 30.6 Å². The summed E-state index contributed by atoms with van der Waals surface area (Å²) in [6.07, 6.45) is 2.00. The second-order valence-corrected chi connectivity index (χ2v) is 9.52. The number of carbonyl (C=O) groups excluding carboxylic acids is 1. The molecule has 3 aromatic carbocycles. The highest BCUT2D eigenvalue weighted by Gasteiger charge is 2.49. The number of benzene rings is 3. The lowest BCUT2D eigenvalue weighted by atomic mass is 9.74. The maximum Gasteiger partial charge on any atom is 0.321 e. The molecule has 5 nitrogen and oxygen atoms in total. The Hall–Kier alpha value is -3.15. The molecule has 0 aromatic heterocycles. The average Bonchev–Trinajstić information content (AvgIpc) is 2.84. The van der Waals surface area contributed by atoms with Gasteiger partial charge in [-0.25, -0.2) is 4.79 Å². The predicted molar refractivity (Wildman–Crippen MR) is 137 cm³/mol. The Morgan fingerprint density at radius 2 is 1.56 bits per heavy atom. The molecule has 0 bridgehead atoms. The van der Waals surface area contributed by atoms with Crippen LogP contribution in [0.2, 0.25) is 0 Å². The molecule has 5 heteroatoms. The first-order valence-corrected chi connectivity index (χ1v) is 12.3. The van der Waals surface area contributed by atoms with Crippen molar-refractivity contribution in [3.05, 3.63) is 90.0 Å². The maximum atomic E-state index is 13.1. The lowest BCUT2D eigenvalue weighted by Gasteiger charge is -2.57. The summed E-state index contributed by atoms with van der Waals surface area (Å²) in [7, 11) is 0. The van der Waals surface area contributed by atoms with Crippen LogP contribution in [0.3, 0.4) is 0 Å². The molecular formula is C29H33N3O2. The van der Waals surface area contributed by atoms with Crippen molar-refractivity contribution >= 4 is 11.7 Å². The smallest absolute Gasteiger partial charge is 0.321 e. The van der Waals surface area contributed by atoms with Crippen LogP contribution >= 0.6 is 0 Å². The van der Waals surface area contributed by atoms with Crippen LogP contribution < -0.4 is 5.32 Å². The number of hydrogen-bond donors (Lipinski definition) is 2. The third kappa shape index (κ3) is 4.59. The van der Waals surface area contributed by atoms with Crippen molar-refractivity contribution in [2.24, 2.45) is 0 Å². The summed E-state index contributed by atoms with van der Waals surface area (Å²) in [4.78, 5) is 17.4. The second-order valence-electron chi connectivity index (χ2n) is 9.52. The Morgan fingerprint density at radius 3 is 2.24 bits per heavy atom. The predicted octanol–water partition coefficient (Wildman–Crippen LogP) is 5.12. The number of amides is 2. The van der Waals surface area contributed by atoms with Crippen molar-refractivity contribution in [3.8, 4) is 11.1 Å². The van der Waals surface area contributed by atoms with E-state index in [9.17, 15) is 9.90 Å². The van der Waals surface area contributed by atoms with E-state index in [1.54, 1.807) is 0 Å². The topological polar surface area (TPSA) is 55.8 Å². The number of hydrogen-bond acceptors (Lipinski definition) is 3. The number of nitrogens with zero attached hydrogens (tertiary/aromatic N) is 2. The molecule has 5 rings (SSSR count). The summed E-state index contributed by atoms with van der Waals surface area (Å²) >= 11 is 0. The van der Waals surface area contributed by atoms with E-state index >= 15 is 0 Å². The fourth-order valence-corrected chi connectivity index (χ4v) is 5.49. The third-order valence-corrected chi connectivity index (χ3v) is 7.36. The van der Waals surface area contributed by atoms with Gasteiger partial charge in [0.05, 0.1) is 6.61 Å². The van der Waals surface area contributed by atoms with E-state index in [0.717, 1.165) is 31.6 Å². The van der Waals surface area contributed by atoms with Gasteiger partial charge in [0.15, 0.2) is 0 Å². The van der Waals surface area contributed by atoms with Gasteiger partial charge in [0.2, 0.25) is 0 Å². The summed E-state index contributed by atoms with van der Waals surface area (Å²) < 4.78 is 0. The van der Waals surface area contributed by atoms with E-state index in [0.29, 0.717) is 6.54 Å². The zero-order valence-electron chi connectivity index (χ0n) is 19.7. The van der Waals surface area contributed by atoms with E-state index in [1.807, 2.05) is 35.2 Å². The highest BCUT2D eigenvalue weighted by atomic mass is 16.3. The molecule has 0 unspecified atom stereocenters. The molecule has 2 N–H and O–H groups in total. The van der Waals surface area contributed by atoms with Crippen LogP contribution in [0.25, 0.3) is 11.1 Å². The van der Waals surface area contributed by atoms with Crippen LogP contribution in [0.1, 0.15) is 29.9 Å². The Morgan fingerprint density at radius 1 is 0.912 bits per heavy atom. The number of carbonyl (C=O) groups is 1. The second kappa shape index (κ2) is 10.00. The molecule has 0 saturated carbocycles. The van der Waals surface area contributed by atoms with Crippen molar-refractivity contribution in [1.82, 2.24) is 9.80 Å². The molecule has 0 aliphatic carbocycles. The summed E-state index contributed by atoms with van der Waals surface area (Å²) in [6.45, 7) is 4.63. The van der Waals surface area contributed by atoms with Gasteiger partial charge in [-0.1, -0.05) is 72.3 Å². The molecular weight excluding hydrogens is 422 g/mol. The van der Waals surface area contributed by atoms with Gasteiger partial charge < -0.3 is 15.3 Å². The summed E-state index contributed by atoms with van der Waals surface area (Å²) in [6, 6.07) is 27.3. The molecule has 2 saturated heterocycles. The first kappa shape index (κ1) is 22.6. The highest BCUT2D eigenvalue weighted by molar-refractivity contribution is 5.89. The van der Waals surface area contributed by atoms with Gasteiger partial charge in [-0.05, 0) is 55.1 Å². The quantitative estimate of drug-likeness (QED) is 0.574. The molecule has 3 atom stereocenters. The SMILES string of the molecule is Cc1ccc(-c2ccc([C@@H]3[C@H](CO)N4CCCCN(C(=O)Nc5ccccc5)C[C@@H]34)cc2)cc1. The zero-order valence-corrected chi connectivity index (χ0v) is 19.7. The van der Waals surface area contributed by atoms with Gasteiger partial charge in [0.1, 0.15) is 0 Å². The summed E-state index contributed by atoms with van der Waals surface area (Å²) in [5, 5.41) is 13.3. The largest absolute Gasteiger partial charge is 0.395 e. The summed E-state index contributed by atoms with van der Waals surface area (Å²) in [5.41, 5.74) is 5.71. The third-order valence-electron chi connectivity index (χ3n) is 7.36. The van der Waals surface area contributed by atoms with Gasteiger partial charge in [-0.2, -0.15) is 0 Å². The van der Waals surface area contributed by atoms with Crippen molar-refractivity contribution in [3.63, 3.8) is 0 Å². The Bertz CT molecular complexity index is 1100. The van der Waals surface area contributed by atoms with Crippen LogP contribution in [0, 0.1) is 6.92 Å². The lowest BCUT2D eigenvalue weighted by Crippen LogP contribution is -2.68. The lowest BCUT2D eigenvalue weighted by molar-refractivity contribution is -0.0585. The van der Waals surface area contributed by atoms with Gasteiger partial charge in [-0.3, -0.25) is 4.90 Å². The van der Waals surface area contributed by atoms with Crippen LogP contribution in [-0.4, -0.2) is 59.3 Å². The molecule has 2 heterocycles. The van der Waals surface area contributed by atoms with Gasteiger partial charge in [-0.15, -0.1) is 0 Å². The molecule has 0 radical (unpaired) electrons. The zero-order chi connectivity index (χ0) is 23.5. The number of aliphatic hydroxyl groups excluding tert-OH is 1. The average molecular weight is 456 g/mol. The van der Waals surface area contributed by atoms with E-state index in [4.69, 9.17) is 0 Å². The Labute approximate surface area is 202 Å². The number of nitrogens with one attached hydrogen (secondary N) is 1. The fourth-order valence-electron chi connectivity index (χ4n) is 5.49. The molecule has 3 aromatic rings. The number of para-hydroxylation sites is 1. The van der Waals surface area contributed by atoms with Crippen LogP contribution in [0.15, 0.2) is 78.9 Å². The van der Waals surface area contributed by atoms with Crippen LogP contribution in [-0.2, 0) is 0 Å². The van der Waals surface area contributed by atoms with Crippen molar-refractivity contribution in [2.45, 2.75) is 37.8 Å². The minimum absolute atomic E-state index is 0.0473. The van der Waals surface area contributed by atoms with Crippen molar-refractivity contribution in [2.75, 3.05) is 31.6 Å². The number of aryl methyl sites for hydroxylation is 1. The molecule has 2 amide bonds. The minimum atomic E-state index is -0.0473. The highest BCUT2D eigenvalue weighted by Crippen LogP contribution is 2.42. The molecule has 0 spiro atoms. The Balaban J connectivity index is 1.34. The number of anilines is 1. The van der Waals surface area contributed by atoms with E-state index < -0.39 is 0 Å². The van der Waals surface area contributed by atoms with Crippen LogP contribution in [0.5, 0.6) is 0 Å². The molecule has 34 heavy (non-hydrogen) atoms. The number of urea groups is 1. The first-order valence-electron chi connectivity index (χ1n) is 12.3. The summed E-state index contributed by atoms with van der Waals surface area (Å²) in [5.74, 6) is 0.210. The molecule has 2 aliphatic rings. The normalized spacial score (nSPS) is 22.8. The molecule has 2 fully saturated rings. The monoisotopic (exact) mass is 455 g/mol. The molecule has 176 valence electrons. The minimum Gasteiger partial charge on any atom is -0.395 e. The fraction of sp³-hybridized carbons (Fsp3) is 0.345. The number of fused-ring (bicyclic) bond motifs is 1. The maximum absolute atomic E-state index is 13.1. The Kier molecular flexibility index (Phi) is 6.66. The number of rotatable bonds is 4. The van der Waals surface area contributed by atoms with Gasteiger partial charge >= 0.3 is 6.03 Å². The van der Waals surface area contributed by atoms with Crippen LogP contribution in [0.4, 0.5) is 10.5 Å². The van der Waals surface area contributed by atoms with Crippen molar-refractivity contribution < 1.29 is 9.90 Å². The molecule has 2 aliphatic heterocycles. The standard InChI is InChI=1S/C29H33N3O2/c1-21-9-11-22(12-10-21)23-13-15-24(16-14-23)28-26-19-31(17-5-6-18-32(26)27(28)20-33)29(34)30-25-7-3-2-4-8-25/h2-4,7-16,26-28,33H,5-6,17-20H2,1H3,(H,30,34)/t26-,27-,28-/m0/s1. The van der Waals surface area contributed by atoms with Gasteiger partial charge in [0, 0.05) is 36.8 Å². The van der Waals surface area contributed by atoms with E-state index in [2.05, 4.69) is 65.7 Å².